The Balaban J connectivity index is 0.000000172. The van der Waals surface area contributed by atoms with Crippen LogP contribution in [-0.2, 0) is 20.1 Å². The average Bonchev–Trinajstić information content (AvgIpc) is 3.77. The Kier molecular flexibility index (Phi) is 13.9. The predicted molar refractivity (Wildman–Crippen MR) is 279 cm³/mol. The van der Waals surface area contributed by atoms with Gasteiger partial charge < -0.3 is 9.52 Å². The maximum absolute atomic E-state index is 10.7. The number of benzene rings is 7. The van der Waals surface area contributed by atoms with Crippen molar-refractivity contribution in [2.45, 2.75) is 39.5 Å². The van der Waals surface area contributed by atoms with Crippen LogP contribution < -0.4 is 0 Å². The summed E-state index contributed by atoms with van der Waals surface area (Å²) < 4.78 is 6.40. The molecule has 11 rings (SSSR count). The van der Waals surface area contributed by atoms with Crippen molar-refractivity contribution in [1.29, 1.82) is 0 Å². The molecule has 0 saturated carbocycles. The van der Waals surface area contributed by atoms with Crippen molar-refractivity contribution in [3.05, 3.63) is 230 Å². The molecule has 0 atom stereocenters. The third kappa shape index (κ3) is 9.82. The van der Waals surface area contributed by atoms with E-state index in [2.05, 4.69) is 146 Å². The van der Waals surface area contributed by atoms with Gasteiger partial charge in [-0.2, -0.15) is 0 Å². The fraction of sp³-hybridized carbons (Fsp3) is 0.0952. The van der Waals surface area contributed by atoms with Crippen molar-refractivity contribution >= 4 is 21.9 Å². The van der Waals surface area contributed by atoms with Crippen molar-refractivity contribution in [3.63, 3.8) is 0 Å². The van der Waals surface area contributed by atoms with E-state index in [0.29, 0.717) is 11.8 Å². The quantitative estimate of drug-likeness (QED) is 0.146. The maximum atomic E-state index is 10.7. The van der Waals surface area contributed by atoms with E-state index in [1.54, 1.807) is 18.5 Å². The normalized spacial score (nSPS) is 11.1. The summed E-state index contributed by atoms with van der Waals surface area (Å²) in [7, 11) is 0. The number of fused-ring (bicyclic) bond motifs is 3. The van der Waals surface area contributed by atoms with Crippen molar-refractivity contribution in [3.8, 4) is 84.0 Å². The van der Waals surface area contributed by atoms with E-state index in [0.717, 1.165) is 83.5 Å². The summed E-state index contributed by atoms with van der Waals surface area (Å²) in [4.78, 5) is 13.7. The van der Waals surface area contributed by atoms with Crippen LogP contribution in [0.25, 0.3) is 100 Å². The van der Waals surface area contributed by atoms with Crippen LogP contribution in [0.5, 0.6) is 5.75 Å². The zero-order chi connectivity index (χ0) is 46.6. The SMILES string of the molecule is CC(C)c1cc(-c2ccccc2)cc(C(C)C)c1-c1cc(-c2ccccn2)[c-]c(-c2ccccc2O)c1.[Ir].[c-]1c(-c2ccccn2)cc2c(oc3cc(-c4ccccc4)ccc32)c1-c1ccccn1. The first-order valence-corrected chi connectivity index (χ1v) is 23.1. The largest absolute Gasteiger partial charge is 0.515 e. The van der Waals surface area contributed by atoms with Gasteiger partial charge in [0.05, 0.1) is 11.3 Å². The molecule has 339 valence electrons. The Morgan fingerprint density at radius 2 is 0.957 bits per heavy atom. The summed E-state index contributed by atoms with van der Waals surface area (Å²) in [6, 6.07) is 70.7. The number of phenolic OH excluding ortho intramolecular Hbond substituents is 1. The molecule has 7 aromatic carbocycles. The molecule has 1 radical (unpaired) electrons. The van der Waals surface area contributed by atoms with Crippen LogP contribution >= 0.6 is 0 Å². The second-order valence-electron chi connectivity index (χ2n) is 17.5. The van der Waals surface area contributed by atoms with Crippen LogP contribution in [0.1, 0.15) is 50.7 Å². The molecule has 0 aliphatic heterocycles. The van der Waals surface area contributed by atoms with Gasteiger partial charge in [0.1, 0.15) is 5.58 Å². The molecule has 0 saturated heterocycles. The third-order valence-corrected chi connectivity index (χ3v) is 12.3. The summed E-state index contributed by atoms with van der Waals surface area (Å²) in [5, 5.41) is 12.8. The molecule has 0 bridgehead atoms. The molecule has 0 fully saturated rings. The molecule has 0 spiro atoms. The molecular formula is C63H49IrN3O2-2. The Bertz CT molecular complexity index is 3470. The average molecular weight is 1070 g/mol. The van der Waals surface area contributed by atoms with Gasteiger partial charge in [-0.15, -0.1) is 35.9 Å². The van der Waals surface area contributed by atoms with Gasteiger partial charge in [-0.05, 0) is 92.1 Å². The molecule has 0 amide bonds. The van der Waals surface area contributed by atoms with Crippen LogP contribution in [0.3, 0.4) is 0 Å². The number of pyridine rings is 3. The fourth-order valence-corrected chi connectivity index (χ4v) is 8.93. The van der Waals surface area contributed by atoms with E-state index in [1.165, 1.54) is 27.8 Å². The van der Waals surface area contributed by atoms with E-state index in [1.807, 2.05) is 97.2 Å². The van der Waals surface area contributed by atoms with Crippen LogP contribution in [0, 0.1) is 12.1 Å². The minimum absolute atomic E-state index is 0. The Hall–Kier alpha value is -7.76. The zero-order valence-corrected chi connectivity index (χ0v) is 41.2. The van der Waals surface area contributed by atoms with Gasteiger partial charge in [0.25, 0.3) is 0 Å². The van der Waals surface area contributed by atoms with E-state index < -0.39 is 0 Å². The van der Waals surface area contributed by atoms with Crippen molar-refractivity contribution < 1.29 is 29.6 Å². The summed E-state index contributed by atoms with van der Waals surface area (Å²) in [5.74, 6) is 0.898. The maximum Gasteiger partial charge on any atom is 0.124 e. The molecular weight excluding hydrogens is 1020 g/mol. The number of hydrogen-bond acceptors (Lipinski definition) is 5. The van der Waals surface area contributed by atoms with Gasteiger partial charge in [-0.3, -0.25) is 15.0 Å². The van der Waals surface area contributed by atoms with Crippen molar-refractivity contribution in [2.75, 3.05) is 0 Å². The number of furan rings is 1. The first-order valence-electron chi connectivity index (χ1n) is 23.1. The summed E-state index contributed by atoms with van der Waals surface area (Å²) in [6.45, 7) is 9.04. The monoisotopic (exact) mass is 1070 g/mol. The predicted octanol–water partition coefficient (Wildman–Crippen LogP) is 16.7. The van der Waals surface area contributed by atoms with Crippen LogP contribution in [-0.4, -0.2) is 20.1 Å². The molecule has 1 N–H and O–H groups in total. The fourth-order valence-electron chi connectivity index (χ4n) is 8.93. The first kappa shape index (κ1) is 46.4. The minimum Gasteiger partial charge on any atom is -0.515 e. The van der Waals surface area contributed by atoms with Crippen molar-refractivity contribution in [1.82, 2.24) is 15.0 Å². The number of para-hydroxylation sites is 1. The number of phenols is 1. The second kappa shape index (κ2) is 20.6. The standard InChI is InChI=1S/C35H32NO.C28H17N2O.Ir/c1-23(2)31-21-26(25-12-6-5-7-13-25)22-32(24(3)4)35(31)29-19-27(30-14-8-9-16-34(30)37)18-28(20-29)33-15-10-11-17-36-33;1-2-8-19(9-3-1)20-12-13-22-23-16-21(25-10-4-6-14-29-25)17-24(26-11-5-7-15-30-26)28(23)31-27(22)18-20;/h5-17,19-24,37H,1-4H3;1-16,18H;/q2*-1;. The number of hydrogen-bond donors (Lipinski definition) is 1. The smallest absolute Gasteiger partial charge is 0.124 e. The van der Waals surface area contributed by atoms with Gasteiger partial charge in [-0.1, -0.05) is 189 Å². The van der Waals surface area contributed by atoms with Crippen LogP contribution in [0.15, 0.2) is 211 Å². The Morgan fingerprint density at radius 1 is 0.435 bits per heavy atom. The van der Waals surface area contributed by atoms with Crippen LogP contribution in [0.2, 0.25) is 0 Å². The Morgan fingerprint density at radius 3 is 1.52 bits per heavy atom. The minimum atomic E-state index is 0. The molecule has 4 heterocycles. The third-order valence-electron chi connectivity index (χ3n) is 12.3. The van der Waals surface area contributed by atoms with Crippen molar-refractivity contribution in [2.24, 2.45) is 0 Å². The summed E-state index contributed by atoms with van der Waals surface area (Å²) >= 11 is 0. The van der Waals surface area contributed by atoms with Gasteiger partial charge in [-0.25, -0.2) is 0 Å². The van der Waals surface area contributed by atoms with Gasteiger partial charge >= 0.3 is 0 Å². The molecule has 69 heavy (non-hydrogen) atoms. The number of rotatable bonds is 9. The van der Waals surface area contributed by atoms with E-state index >= 15 is 0 Å². The van der Waals surface area contributed by atoms with Gasteiger partial charge in [0.2, 0.25) is 0 Å². The zero-order valence-electron chi connectivity index (χ0n) is 38.8. The molecule has 4 aromatic heterocycles. The van der Waals surface area contributed by atoms with E-state index in [9.17, 15) is 5.11 Å². The topological polar surface area (TPSA) is 72.0 Å². The Labute approximate surface area is 417 Å². The number of nitrogens with zero attached hydrogens (tertiary/aromatic N) is 3. The van der Waals surface area contributed by atoms with Gasteiger partial charge in [0.15, 0.2) is 0 Å². The summed E-state index contributed by atoms with van der Waals surface area (Å²) in [6.07, 6.45) is 5.40. The molecule has 6 heteroatoms. The second-order valence-corrected chi connectivity index (χ2v) is 17.5. The molecule has 0 aliphatic carbocycles. The molecule has 0 unspecified atom stereocenters. The van der Waals surface area contributed by atoms with Crippen LogP contribution in [0.4, 0.5) is 0 Å². The number of aromatic hydroxyl groups is 1. The van der Waals surface area contributed by atoms with E-state index in [4.69, 9.17) is 4.42 Å². The molecule has 0 aliphatic rings. The first-order chi connectivity index (χ1) is 33.3. The molecule has 5 nitrogen and oxygen atoms in total. The van der Waals surface area contributed by atoms with E-state index in [-0.39, 0.29) is 25.9 Å². The summed E-state index contributed by atoms with van der Waals surface area (Å²) in [5.41, 5.74) is 18.2. The number of aromatic nitrogens is 3. The molecule has 11 aromatic rings. The van der Waals surface area contributed by atoms with Gasteiger partial charge in [0, 0.05) is 61.2 Å².